The predicted octanol–water partition coefficient (Wildman–Crippen LogP) is 6.34. The first-order valence-electron chi connectivity index (χ1n) is 12.3. The molecule has 0 aliphatic heterocycles. The van der Waals surface area contributed by atoms with E-state index in [0.29, 0.717) is 6.42 Å². The molecule has 4 heteroatoms. The molecule has 0 radical (unpaired) electrons. The number of carboxylic acids is 1. The molecule has 0 heterocycles. The van der Waals surface area contributed by atoms with Crippen molar-refractivity contribution in [3.63, 3.8) is 0 Å². The Morgan fingerprint density at radius 2 is 1.12 bits per heavy atom. The third-order valence-electron chi connectivity index (χ3n) is 6.41. The number of carbonyl (C=O) groups is 2. The van der Waals surface area contributed by atoms with Crippen LogP contribution < -0.4 is 5.32 Å². The van der Waals surface area contributed by atoms with E-state index in [9.17, 15) is 14.7 Å². The molecule has 0 aliphatic rings. The number of amides is 1. The van der Waals surface area contributed by atoms with Crippen molar-refractivity contribution in [2.24, 2.45) is 0 Å². The molecule has 0 bridgehead atoms. The molecule has 0 saturated heterocycles. The lowest BCUT2D eigenvalue weighted by Crippen LogP contribution is -2.51. The van der Waals surface area contributed by atoms with Crippen molar-refractivity contribution >= 4 is 11.9 Å². The second-order valence-corrected chi connectivity index (χ2v) is 8.77. The molecule has 4 nitrogen and oxygen atoms in total. The number of hydrogen-bond donors (Lipinski definition) is 2. The molecule has 34 heavy (non-hydrogen) atoms. The maximum atomic E-state index is 14.2. The monoisotopic (exact) mass is 457 g/mol. The van der Waals surface area contributed by atoms with E-state index in [-0.39, 0.29) is 5.91 Å². The third-order valence-corrected chi connectivity index (χ3v) is 6.41. The van der Waals surface area contributed by atoms with Gasteiger partial charge in [0.25, 0.3) is 0 Å². The summed E-state index contributed by atoms with van der Waals surface area (Å²) in [6.07, 6.45) is 6.80. The Bertz CT molecular complexity index is 922. The van der Waals surface area contributed by atoms with Crippen molar-refractivity contribution in [2.75, 3.05) is 0 Å². The number of unbranched alkanes of at least 4 members (excludes halogenated alkanes) is 5. The van der Waals surface area contributed by atoms with Crippen LogP contribution in [-0.2, 0) is 15.0 Å². The van der Waals surface area contributed by atoms with Crippen LogP contribution in [0.2, 0.25) is 0 Å². The van der Waals surface area contributed by atoms with Gasteiger partial charge in [-0.3, -0.25) is 4.79 Å². The highest BCUT2D eigenvalue weighted by molar-refractivity contribution is 5.98. The van der Waals surface area contributed by atoms with E-state index in [0.717, 1.165) is 36.0 Å². The highest BCUT2D eigenvalue weighted by atomic mass is 16.4. The second-order valence-electron chi connectivity index (χ2n) is 8.77. The van der Waals surface area contributed by atoms with Crippen LogP contribution in [0.15, 0.2) is 91.0 Å². The third kappa shape index (κ3) is 5.93. The van der Waals surface area contributed by atoms with Crippen molar-refractivity contribution < 1.29 is 14.7 Å². The minimum Gasteiger partial charge on any atom is -0.480 e. The van der Waals surface area contributed by atoms with Crippen LogP contribution in [0.25, 0.3) is 0 Å². The van der Waals surface area contributed by atoms with Gasteiger partial charge in [0, 0.05) is 0 Å². The van der Waals surface area contributed by atoms with Crippen molar-refractivity contribution in [1.29, 1.82) is 0 Å². The van der Waals surface area contributed by atoms with Gasteiger partial charge in [0.2, 0.25) is 5.91 Å². The molecule has 0 aliphatic carbocycles. The highest BCUT2D eigenvalue weighted by Gasteiger charge is 2.44. The molecule has 0 fully saturated rings. The van der Waals surface area contributed by atoms with E-state index in [1.165, 1.54) is 19.3 Å². The van der Waals surface area contributed by atoms with Gasteiger partial charge in [0.1, 0.15) is 11.5 Å². The summed E-state index contributed by atoms with van der Waals surface area (Å²) in [5.41, 5.74) is 1.23. The zero-order chi connectivity index (χ0) is 24.2. The van der Waals surface area contributed by atoms with Crippen LogP contribution in [0.5, 0.6) is 0 Å². The first kappa shape index (κ1) is 25.2. The van der Waals surface area contributed by atoms with Crippen molar-refractivity contribution in [3.05, 3.63) is 108 Å². The summed E-state index contributed by atoms with van der Waals surface area (Å²) < 4.78 is 0. The predicted molar refractivity (Wildman–Crippen MR) is 137 cm³/mol. The molecule has 178 valence electrons. The van der Waals surface area contributed by atoms with Gasteiger partial charge in [0.05, 0.1) is 0 Å². The Morgan fingerprint density at radius 3 is 1.53 bits per heavy atom. The van der Waals surface area contributed by atoms with E-state index in [1.807, 2.05) is 91.0 Å². The summed E-state index contributed by atoms with van der Waals surface area (Å²) in [6.45, 7) is 2.18. The minimum atomic E-state index is -1.17. The number of rotatable bonds is 13. The van der Waals surface area contributed by atoms with Crippen LogP contribution in [0.3, 0.4) is 0 Å². The average Bonchev–Trinajstić information content (AvgIpc) is 2.88. The second kappa shape index (κ2) is 12.7. The van der Waals surface area contributed by atoms with Crippen LogP contribution in [0, 0.1) is 0 Å². The van der Waals surface area contributed by atoms with Gasteiger partial charge in [-0.15, -0.1) is 0 Å². The molecule has 1 amide bonds. The lowest BCUT2D eigenvalue weighted by atomic mass is 9.68. The number of carboxylic acid groups (broad SMARTS) is 1. The van der Waals surface area contributed by atoms with Gasteiger partial charge in [-0.25, -0.2) is 4.79 Å². The number of hydrogen-bond acceptors (Lipinski definition) is 2. The number of aliphatic carboxylic acids is 1. The summed E-state index contributed by atoms with van der Waals surface area (Å²) >= 11 is 0. The van der Waals surface area contributed by atoms with Crippen molar-refractivity contribution in [3.8, 4) is 0 Å². The van der Waals surface area contributed by atoms with E-state index in [2.05, 4.69) is 12.2 Å². The molecule has 0 spiro atoms. The molecule has 1 atom stereocenters. The minimum absolute atomic E-state index is 0.325. The summed E-state index contributed by atoms with van der Waals surface area (Å²) in [5.74, 6) is -1.32. The Labute approximate surface area is 203 Å². The van der Waals surface area contributed by atoms with Gasteiger partial charge >= 0.3 is 5.97 Å². The lowest BCUT2D eigenvalue weighted by Gasteiger charge is -2.35. The van der Waals surface area contributed by atoms with Crippen molar-refractivity contribution in [2.45, 2.75) is 63.3 Å². The fourth-order valence-electron chi connectivity index (χ4n) is 4.61. The van der Waals surface area contributed by atoms with Crippen LogP contribution in [0.4, 0.5) is 0 Å². The molecule has 3 aromatic rings. The number of benzene rings is 3. The molecule has 3 rings (SSSR count). The Morgan fingerprint density at radius 1 is 0.706 bits per heavy atom. The summed E-state index contributed by atoms with van der Waals surface area (Å²) in [6, 6.07) is 27.9. The quantitative estimate of drug-likeness (QED) is 0.232. The molecule has 3 aromatic carbocycles. The Balaban J connectivity index is 1.97. The maximum absolute atomic E-state index is 14.2. The SMILES string of the molecule is CCCCCCCC[C@H](NC(=O)C(c1ccccc1)(c1ccccc1)c1ccccc1)C(=O)O. The van der Waals surface area contributed by atoms with Gasteiger partial charge in [0.15, 0.2) is 0 Å². The lowest BCUT2D eigenvalue weighted by molar-refractivity contribution is -0.142. The zero-order valence-electron chi connectivity index (χ0n) is 20.0. The molecular weight excluding hydrogens is 422 g/mol. The first-order valence-corrected chi connectivity index (χ1v) is 12.3. The molecular formula is C30H35NO3. The van der Waals surface area contributed by atoms with Crippen LogP contribution in [0.1, 0.15) is 68.6 Å². The number of carbonyl (C=O) groups excluding carboxylic acids is 1. The first-order chi connectivity index (χ1) is 16.6. The molecule has 2 N–H and O–H groups in total. The number of nitrogens with one attached hydrogen (secondary N) is 1. The zero-order valence-corrected chi connectivity index (χ0v) is 20.0. The van der Waals surface area contributed by atoms with E-state index >= 15 is 0 Å². The van der Waals surface area contributed by atoms with Gasteiger partial charge in [-0.2, -0.15) is 0 Å². The van der Waals surface area contributed by atoms with Crippen molar-refractivity contribution in [1.82, 2.24) is 5.32 Å². The smallest absolute Gasteiger partial charge is 0.326 e. The van der Waals surface area contributed by atoms with E-state index in [1.54, 1.807) is 0 Å². The van der Waals surface area contributed by atoms with Gasteiger partial charge in [-0.05, 0) is 23.1 Å². The normalized spacial score (nSPS) is 12.1. The summed E-state index contributed by atoms with van der Waals surface area (Å²) in [7, 11) is 0. The molecule has 0 aromatic heterocycles. The standard InChI is InChI=1S/C30H35NO3/c1-2-3-4-5-6-16-23-27(28(32)33)31-29(34)30(24-17-10-7-11-18-24,25-19-12-8-13-20-25)26-21-14-9-15-22-26/h7-15,17-22,27H,2-6,16,23H2,1H3,(H,31,34)(H,32,33)/t27-/m0/s1. The summed E-state index contributed by atoms with van der Waals surface area (Å²) in [4.78, 5) is 26.3. The van der Waals surface area contributed by atoms with Gasteiger partial charge in [-0.1, -0.05) is 136 Å². The van der Waals surface area contributed by atoms with E-state index in [4.69, 9.17) is 0 Å². The Kier molecular flexibility index (Phi) is 9.45. The molecule has 0 saturated carbocycles. The van der Waals surface area contributed by atoms with Gasteiger partial charge < -0.3 is 10.4 Å². The van der Waals surface area contributed by atoms with Crippen LogP contribution in [-0.4, -0.2) is 23.0 Å². The maximum Gasteiger partial charge on any atom is 0.326 e. The summed E-state index contributed by atoms with van der Waals surface area (Å²) in [5, 5.41) is 12.8. The fourth-order valence-corrected chi connectivity index (χ4v) is 4.61. The average molecular weight is 458 g/mol. The Hall–Kier alpha value is -3.40. The topological polar surface area (TPSA) is 66.4 Å². The largest absolute Gasteiger partial charge is 0.480 e. The van der Waals surface area contributed by atoms with Crippen LogP contribution >= 0.6 is 0 Å². The van der Waals surface area contributed by atoms with E-state index < -0.39 is 17.4 Å². The molecule has 0 unspecified atom stereocenters. The fraction of sp³-hybridized carbons (Fsp3) is 0.333. The highest BCUT2D eigenvalue weighted by Crippen LogP contribution is 2.39.